The van der Waals surface area contributed by atoms with Gasteiger partial charge in [-0.05, 0) is 29.8 Å². The van der Waals surface area contributed by atoms with Gasteiger partial charge in [0.1, 0.15) is 17.3 Å². The van der Waals surface area contributed by atoms with Crippen molar-refractivity contribution >= 4 is 0 Å². The number of benzene rings is 1. The zero-order valence-corrected chi connectivity index (χ0v) is 11.3. The summed E-state index contributed by atoms with van der Waals surface area (Å²) in [4.78, 5) is 0. The van der Waals surface area contributed by atoms with Crippen LogP contribution in [-0.2, 0) is 13.0 Å². The maximum absolute atomic E-state index is 5.28. The van der Waals surface area contributed by atoms with Gasteiger partial charge in [0.15, 0.2) is 0 Å². The maximum Gasteiger partial charge on any atom is 0.122 e. The van der Waals surface area contributed by atoms with Crippen LogP contribution < -0.4 is 14.8 Å². The van der Waals surface area contributed by atoms with E-state index in [1.807, 2.05) is 30.3 Å². The van der Waals surface area contributed by atoms with Crippen molar-refractivity contribution in [3.05, 3.63) is 47.9 Å². The van der Waals surface area contributed by atoms with E-state index in [0.717, 1.165) is 42.3 Å². The largest absolute Gasteiger partial charge is 0.497 e. The maximum atomic E-state index is 5.28. The van der Waals surface area contributed by atoms with Crippen molar-refractivity contribution in [2.45, 2.75) is 13.0 Å². The van der Waals surface area contributed by atoms with Gasteiger partial charge >= 0.3 is 0 Å². The fraction of sp³-hybridized carbons (Fsp3) is 0.333. The Morgan fingerprint density at radius 2 is 1.84 bits per heavy atom. The van der Waals surface area contributed by atoms with Crippen LogP contribution in [-0.4, -0.2) is 20.8 Å². The van der Waals surface area contributed by atoms with Gasteiger partial charge in [0.2, 0.25) is 0 Å². The minimum atomic E-state index is 0.772. The number of nitrogens with one attached hydrogen (secondary N) is 1. The highest BCUT2D eigenvalue weighted by molar-refractivity contribution is 5.38. The first-order chi connectivity index (χ1) is 9.31. The predicted molar refractivity (Wildman–Crippen MR) is 73.7 cm³/mol. The number of methoxy groups -OCH3 is 2. The fourth-order valence-corrected chi connectivity index (χ4v) is 1.87. The van der Waals surface area contributed by atoms with E-state index in [0.29, 0.717) is 0 Å². The van der Waals surface area contributed by atoms with Crippen molar-refractivity contribution in [2.24, 2.45) is 0 Å². The monoisotopic (exact) mass is 261 g/mol. The van der Waals surface area contributed by atoms with E-state index in [9.17, 15) is 0 Å². The molecule has 0 aliphatic rings. The lowest BCUT2D eigenvalue weighted by Crippen LogP contribution is -2.16. The molecule has 0 fully saturated rings. The molecule has 102 valence electrons. The number of furan rings is 1. The van der Waals surface area contributed by atoms with Crippen LogP contribution in [0.2, 0.25) is 0 Å². The summed E-state index contributed by atoms with van der Waals surface area (Å²) in [7, 11) is 3.31. The Morgan fingerprint density at radius 3 is 2.42 bits per heavy atom. The molecule has 1 heterocycles. The quantitative estimate of drug-likeness (QED) is 0.778. The summed E-state index contributed by atoms with van der Waals surface area (Å²) >= 11 is 0. The van der Waals surface area contributed by atoms with Crippen molar-refractivity contribution in [1.82, 2.24) is 5.32 Å². The number of hydrogen-bond donors (Lipinski definition) is 1. The van der Waals surface area contributed by atoms with Crippen molar-refractivity contribution in [2.75, 3.05) is 20.8 Å². The molecule has 19 heavy (non-hydrogen) atoms. The van der Waals surface area contributed by atoms with Gasteiger partial charge in [-0.25, -0.2) is 0 Å². The van der Waals surface area contributed by atoms with Gasteiger partial charge in [0.05, 0.1) is 20.5 Å². The van der Waals surface area contributed by atoms with Crippen LogP contribution in [0.5, 0.6) is 11.5 Å². The van der Waals surface area contributed by atoms with E-state index in [2.05, 4.69) is 5.32 Å². The Bertz CT molecular complexity index is 472. The van der Waals surface area contributed by atoms with Gasteiger partial charge in [-0.15, -0.1) is 0 Å². The Hall–Kier alpha value is -1.94. The van der Waals surface area contributed by atoms with Gasteiger partial charge in [0, 0.05) is 25.6 Å². The third-order valence-electron chi connectivity index (χ3n) is 2.87. The van der Waals surface area contributed by atoms with Crippen molar-refractivity contribution in [3.8, 4) is 11.5 Å². The van der Waals surface area contributed by atoms with Crippen LogP contribution in [0, 0.1) is 0 Å². The topological polar surface area (TPSA) is 43.6 Å². The molecule has 0 radical (unpaired) electrons. The molecule has 0 unspecified atom stereocenters. The minimum absolute atomic E-state index is 0.772. The van der Waals surface area contributed by atoms with E-state index in [1.54, 1.807) is 20.5 Å². The SMILES string of the molecule is COc1cc(CNCCc2ccco2)cc(OC)c1. The first kappa shape index (κ1) is 13.5. The highest BCUT2D eigenvalue weighted by atomic mass is 16.5. The van der Waals surface area contributed by atoms with Gasteiger partial charge in [-0.3, -0.25) is 0 Å². The standard InChI is InChI=1S/C15H19NO3/c1-17-14-8-12(9-15(10-14)18-2)11-16-6-5-13-4-3-7-19-13/h3-4,7-10,16H,5-6,11H2,1-2H3. The Kier molecular flexibility index (Phi) is 4.86. The number of hydrogen-bond acceptors (Lipinski definition) is 4. The van der Waals surface area contributed by atoms with Crippen molar-refractivity contribution < 1.29 is 13.9 Å². The second-order valence-electron chi connectivity index (χ2n) is 4.23. The lowest BCUT2D eigenvalue weighted by atomic mass is 10.2. The zero-order valence-electron chi connectivity index (χ0n) is 11.3. The lowest BCUT2D eigenvalue weighted by Gasteiger charge is -2.09. The third-order valence-corrected chi connectivity index (χ3v) is 2.87. The summed E-state index contributed by atoms with van der Waals surface area (Å²) < 4.78 is 15.8. The molecule has 0 saturated carbocycles. The second-order valence-corrected chi connectivity index (χ2v) is 4.23. The van der Waals surface area contributed by atoms with Crippen LogP contribution >= 0.6 is 0 Å². The first-order valence-corrected chi connectivity index (χ1v) is 6.27. The molecule has 4 heteroatoms. The Balaban J connectivity index is 1.84. The van der Waals surface area contributed by atoms with Gasteiger partial charge in [0.25, 0.3) is 0 Å². The average molecular weight is 261 g/mol. The summed E-state index contributed by atoms with van der Waals surface area (Å²) in [6.45, 7) is 1.64. The summed E-state index contributed by atoms with van der Waals surface area (Å²) in [5.74, 6) is 2.61. The highest BCUT2D eigenvalue weighted by Gasteiger charge is 2.02. The van der Waals surface area contributed by atoms with Crippen LogP contribution in [0.3, 0.4) is 0 Å². The molecule has 0 atom stereocenters. The molecule has 1 N–H and O–H groups in total. The summed E-state index contributed by atoms with van der Waals surface area (Å²) in [6.07, 6.45) is 2.58. The van der Waals surface area contributed by atoms with E-state index >= 15 is 0 Å². The normalized spacial score (nSPS) is 10.4. The predicted octanol–water partition coefficient (Wildman–Crippen LogP) is 2.63. The molecule has 2 rings (SSSR count). The van der Waals surface area contributed by atoms with Crippen LogP contribution in [0.1, 0.15) is 11.3 Å². The molecule has 1 aromatic heterocycles. The molecule has 0 aliphatic carbocycles. The van der Waals surface area contributed by atoms with Gasteiger partial charge in [-0.1, -0.05) is 0 Å². The lowest BCUT2D eigenvalue weighted by molar-refractivity contribution is 0.393. The molecule has 0 spiro atoms. The van der Waals surface area contributed by atoms with Crippen molar-refractivity contribution in [3.63, 3.8) is 0 Å². The number of ether oxygens (including phenoxy) is 2. The number of rotatable bonds is 7. The Morgan fingerprint density at radius 1 is 1.11 bits per heavy atom. The van der Waals surface area contributed by atoms with Gasteiger partial charge in [-0.2, -0.15) is 0 Å². The molecular formula is C15H19NO3. The molecule has 4 nitrogen and oxygen atoms in total. The van der Waals surface area contributed by atoms with E-state index < -0.39 is 0 Å². The summed E-state index contributed by atoms with van der Waals surface area (Å²) in [6, 6.07) is 9.76. The highest BCUT2D eigenvalue weighted by Crippen LogP contribution is 2.22. The van der Waals surface area contributed by atoms with Crippen LogP contribution in [0.15, 0.2) is 41.0 Å². The molecule has 2 aromatic rings. The molecule has 1 aromatic carbocycles. The molecule has 0 aliphatic heterocycles. The van der Waals surface area contributed by atoms with Crippen LogP contribution in [0.25, 0.3) is 0 Å². The van der Waals surface area contributed by atoms with E-state index in [-0.39, 0.29) is 0 Å². The summed E-state index contributed by atoms with van der Waals surface area (Å²) in [5, 5.41) is 3.37. The molecular weight excluding hydrogens is 242 g/mol. The smallest absolute Gasteiger partial charge is 0.122 e. The third kappa shape index (κ3) is 4.03. The molecule has 0 saturated heterocycles. The Labute approximate surface area is 113 Å². The van der Waals surface area contributed by atoms with E-state index in [4.69, 9.17) is 13.9 Å². The summed E-state index contributed by atoms with van der Waals surface area (Å²) in [5.41, 5.74) is 1.13. The minimum Gasteiger partial charge on any atom is -0.497 e. The van der Waals surface area contributed by atoms with Crippen molar-refractivity contribution in [1.29, 1.82) is 0 Å². The first-order valence-electron chi connectivity index (χ1n) is 6.27. The second kappa shape index (κ2) is 6.85. The molecule has 0 amide bonds. The average Bonchev–Trinajstić information content (AvgIpc) is 2.96. The van der Waals surface area contributed by atoms with Crippen LogP contribution in [0.4, 0.5) is 0 Å². The zero-order chi connectivity index (χ0) is 13.5. The fourth-order valence-electron chi connectivity index (χ4n) is 1.87. The molecule has 0 bridgehead atoms. The van der Waals surface area contributed by atoms with Gasteiger partial charge < -0.3 is 19.2 Å². The van der Waals surface area contributed by atoms with E-state index in [1.165, 1.54) is 0 Å².